The normalized spacial score (nSPS) is 25.8. The van der Waals surface area contributed by atoms with Gasteiger partial charge < -0.3 is 10.5 Å². The predicted octanol–water partition coefficient (Wildman–Crippen LogP) is 3.76. The molecule has 2 nitrogen and oxygen atoms in total. The molecule has 0 heterocycles. The highest BCUT2D eigenvalue weighted by atomic mass is 35.5. The lowest BCUT2D eigenvalue weighted by molar-refractivity contribution is -0.137. The molecule has 0 aliphatic heterocycles. The Kier molecular flexibility index (Phi) is 4.31. The number of halogens is 1. The van der Waals surface area contributed by atoms with Crippen LogP contribution in [-0.4, -0.2) is 12.1 Å². The summed E-state index contributed by atoms with van der Waals surface area (Å²) in [5.41, 5.74) is 7.39. The first-order valence-electron chi connectivity index (χ1n) is 6.74. The molecule has 1 aromatic carbocycles. The summed E-state index contributed by atoms with van der Waals surface area (Å²) in [4.78, 5) is 0. The Morgan fingerprint density at radius 3 is 2.56 bits per heavy atom. The highest BCUT2D eigenvalue weighted by molar-refractivity contribution is 6.31. The van der Waals surface area contributed by atoms with Crippen molar-refractivity contribution in [2.24, 2.45) is 11.1 Å². The molecule has 100 valence electrons. The molecule has 0 spiro atoms. The SMILES string of the molecule is CCC1(CC)C(N)CC1OCc1ccccc1Cl. The Hall–Kier alpha value is -0.570. The number of nitrogens with two attached hydrogens (primary N) is 1. The van der Waals surface area contributed by atoms with E-state index in [0.29, 0.717) is 6.61 Å². The third-order valence-corrected chi connectivity index (χ3v) is 4.93. The van der Waals surface area contributed by atoms with Gasteiger partial charge in [-0.3, -0.25) is 0 Å². The van der Waals surface area contributed by atoms with Crippen molar-refractivity contribution in [2.75, 3.05) is 0 Å². The molecule has 2 N–H and O–H groups in total. The van der Waals surface area contributed by atoms with Crippen molar-refractivity contribution in [1.82, 2.24) is 0 Å². The highest BCUT2D eigenvalue weighted by Gasteiger charge is 2.51. The van der Waals surface area contributed by atoms with Crippen LogP contribution in [-0.2, 0) is 11.3 Å². The van der Waals surface area contributed by atoms with Crippen molar-refractivity contribution in [3.63, 3.8) is 0 Å². The molecule has 2 rings (SSSR count). The van der Waals surface area contributed by atoms with Gasteiger partial charge in [-0.05, 0) is 30.9 Å². The van der Waals surface area contributed by atoms with Gasteiger partial charge in [-0.2, -0.15) is 0 Å². The molecular weight excluding hydrogens is 246 g/mol. The minimum absolute atomic E-state index is 0.168. The topological polar surface area (TPSA) is 35.2 Å². The molecule has 1 fully saturated rings. The van der Waals surface area contributed by atoms with Crippen LogP contribution in [0.2, 0.25) is 5.02 Å². The van der Waals surface area contributed by atoms with Gasteiger partial charge in [0.25, 0.3) is 0 Å². The second-order valence-electron chi connectivity index (χ2n) is 5.17. The van der Waals surface area contributed by atoms with Gasteiger partial charge in [-0.25, -0.2) is 0 Å². The smallest absolute Gasteiger partial charge is 0.0735 e. The molecule has 1 aliphatic carbocycles. The summed E-state index contributed by atoms with van der Waals surface area (Å²) >= 11 is 6.13. The third-order valence-electron chi connectivity index (χ3n) is 4.56. The number of benzene rings is 1. The molecule has 0 saturated heterocycles. The Morgan fingerprint density at radius 1 is 1.33 bits per heavy atom. The summed E-state index contributed by atoms with van der Waals surface area (Å²) in [6.07, 6.45) is 3.40. The molecule has 1 aromatic rings. The van der Waals surface area contributed by atoms with Crippen molar-refractivity contribution >= 4 is 11.6 Å². The van der Waals surface area contributed by atoms with E-state index in [0.717, 1.165) is 29.8 Å². The van der Waals surface area contributed by atoms with E-state index in [1.165, 1.54) is 0 Å². The van der Waals surface area contributed by atoms with E-state index < -0.39 is 0 Å². The monoisotopic (exact) mass is 267 g/mol. The molecule has 0 aromatic heterocycles. The predicted molar refractivity (Wildman–Crippen MR) is 75.6 cm³/mol. The Morgan fingerprint density at radius 2 is 2.00 bits per heavy atom. The fourth-order valence-corrected chi connectivity index (χ4v) is 3.24. The third kappa shape index (κ3) is 2.29. The van der Waals surface area contributed by atoms with E-state index in [4.69, 9.17) is 22.1 Å². The van der Waals surface area contributed by atoms with E-state index in [2.05, 4.69) is 13.8 Å². The van der Waals surface area contributed by atoms with Crippen molar-refractivity contribution in [3.8, 4) is 0 Å². The van der Waals surface area contributed by atoms with Crippen molar-refractivity contribution < 1.29 is 4.74 Å². The van der Waals surface area contributed by atoms with E-state index in [9.17, 15) is 0 Å². The fourth-order valence-electron chi connectivity index (χ4n) is 3.05. The Balaban J connectivity index is 1.98. The lowest BCUT2D eigenvalue weighted by Crippen LogP contribution is -2.61. The van der Waals surface area contributed by atoms with Crippen molar-refractivity contribution in [2.45, 2.75) is 51.9 Å². The lowest BCUT2D eigenvalue weighted by atomic mass is 9.59. The molecule has 0 radical (unpaired) electrons. The first-order valence-corrected chi connectivity index (χ1v) is 7.12. The van der Waals surface area contributed by atoms with Gasteiger partial charge in [-0.1, -0.05) is 43.6 Å². The van der Waals surface area contributed by atoms with Crippen molar-refractivity contribution in [1.29, 1.82) is 0 Å². The van der Waals surface area contributed by atoms with Crippen LogP contribution >= 0.6 is 11.6 Å². The molecule has 1 aliphatic rings. The van der Waals surface area contributed by atoms with Crippen LogP contribution in [0.4, 0.5) is 0 Å². The maximum absolute atomic E-state index is 6.16. The summed E-state index contributed by atoms with van der Waals surface area (Å²) in [5.74, 6) is 0. The van der Waals surface area contributed by atoms with E-state index >= 15 is 0 Å². The van der Waals surface area contributed by atoms with Crippen LogP contribution in [0.3, 0.4) is 0 Å². The van der Waals surface area contributed by atoms with Crippen LogP contribution in [0, 0.1) is 5.41 Å². The summed E-state index contributed by atoms with van der Waals surface area (Å²) in [6.45, 7) is 4.99. The lowest BCUT2D eigenvalue weighted by Gasteiger charge is -2.53. The number of rotatable bonds is 5. The van der Waals surface area contributed by atoms with Gasteiger partial charge in [0.2, 0.25) is 0 Å². The number of hydrogen-bond donors (Lipinski definition) is 1. The Bertz CT molecular complexity index is 403. The van der Waals surface area contributed by atoms with Gasteiger partial charge in [0, 0.05) is 16.5 Å². The van der Waals surface area contributed by atoms with Gasteiger partial charge in [0.15, 0.2) is 0 Å². The molecule has 18 heavy (non-hydrogen) atoms. The molecule has 0 amide bonds. The second-order valence-corrected chi connectivity index (χ2v) is 5.58. The van der Waals surface area contributed by atoms with Crippen LogP contribution in [0.15, 0.2) is 24.3 Å². The van der Waals surface area contributed by atoms with Gasteiger partial charge in [0.05, 0.1) is 12.7 Å². The maximum atomic E-state index is 6.16. The minimum Gasteiger partial charge on any atom is -0.373 e. The summed E-state index contributed by atoms with van der Waals surface area (Å²) < 4.78 is 6.05. The summed E-state index contributed by atoms with van der Waals surface area (Å²) in [5, 5.41) is 0.778. The minimum atomic E-state index is 0.168. The van der Waals surface area contributed by atoms with E-state index in [-0.39, 0.29) is 17.6 Å². The Labute approximate surface area is 114 Å². The molecule has 0 bridgehead atoms. The first kappa shape index (κ1) is 13.9. The van der Waals surface area contributed by atoms with Gasteiger partial charge in [0.1, 0.15) is 0 Å². The molecule has 2 unspecified atom stereocenters. The van der Waals surface area contributed by atoms with E-state index in [1.807, 2.05) is 24.3 Å². The maximum Gasteiger partial charge on any atom is 0.0735 e. The van der Waals surface area contributed by atoms with Crippen LogP contribution in [0.25, 0.3) is 0 Å². The standard InChI is InChI=1S/C15H22ClNO/c1-3-15(4-2)13(17)9-14(15)18-10-11-7-5-6-8-12(11)16/h5-8,13-14H,3-4,9-10,17H2,1-2H3. The highest BCUT2D eigenvalue weighted by Crippen LogP contribution is 2.48. The van der Waals surface area contributed by atoms with Crippen LogP contribution in [0.1, 0.15) is 38.7 Å². The second kappa shape index (κ2) is 5.60. The van der Waals surface area contributed by atoms with Gasteiger partial charge in [-0.15, -0.1) is 0 Å². The number of ether oxygens (including phenoxy) is 1. The van der Waals surface area contributed by atoms with Crippen LogP contribution in [0.5, 0.6) is 0 Å². The average Bonchev–Trinajstić information content (AvgIpc) is 2.37. The molecule has 3 heteroatoms. The largest absolute Gasteiger partial charge is 0.373 e. The fraction of sp³-hybridized carbons (Fsp3) is 0.600. The van der Waals surface area contributed by atoms with Crippen LogP contribution < -0.4 is 5.73 Å². The molecular formula is C15H22ClNO. The van der Waals surface area contributed by atoms with E-state index in [1.54, 1.807) is 0 Å². The zero-order valence-electron chi connectivity index (χ0n) is 11.2. The zero-order chi connectivity index (χ0) is 13.2. The zero-order valence-corrected chi connectivity index (χ0v) is 11.9. The van der Waals surface area contributed by atoms with Crippen molar-refractivity contribution in [3.05, 3.63) is 34.9 Å². The average molecular weight is 268 g/mol. The molecule has 2 atom stereocenters. The summed E-state index contributed by atoms with van der Waals surface area (Å²) in [6, 6.07) is 8.13. The first-order chi connectivity index (χ1) is 8.64. The quantitative estimate of drug-likeness (QED) is 0.882. The number of hydrogen-bond acceptors (Lipinski definition) is 2. The molecule has 1 saturated carbocycles. The van der Waals surface area contributed by atoms with Gasteiger partial charge >= 0.3 is 0 Å². The summed E-state index contributed by atoms with van der Waals surface area (Å²) in [7, 11) is 0.